The summed E-state index contributed by atoms with van der Waals surface area (Å²) < 4.78 is 16.0. The number of hydrogen-bond acceptors (Lipinski definition) is 8. The summed E-state index contributed by atoms with van der Waals surface area (Å²) in [7, 11) is 0. The van der Waals surface area contributed by atoms with Gasteiger partial charge in [0.05, 0.1) is 21.7 Å². The summed E-state index contributed by atoms with van der Waals surface area (Å²) in [6.45, 7) is 5.61. The van der Waals surface area contributed by atoms with E-state index >= 15 is 0 Å². The maximum Gasteiger partial charge on any atom is 0.338 e. The highest BCUT2D eigenvalue weighted by Crippen LogP contribution is 2.19. The van der Waals surface area contributed by atoms with E-state index < -0.39 is 5.97 Å². The quantitative estimate of drug-likeness (QED) is 0.366. The van der Waals surface area contributed by atoms with Gasteiger partial charge in [0.1, 0.15) is 18.1 Å². The number of thiophene rings is 1. The molecule has 0 atom stereocenters. The normalized spacial score (nSPS) is 10.6. The molecule has 0 bridgehead atoms. The van der Waals surface area contributed by atoms with E-state index in [2.05, 4.69) is 10.5 Å². The Morgan fingerprint density at radius 1 is 1.09 bits per heavy atom. The lowest BCUT2D eigenvalue weighted by Crippen LogP contribution is -2.22. The van der Waals surface area contributed by atoms with E-state index in [1.165, 1.54) is 18.3 Å². The maximum absolute atomic E-state index is 12.3. The molecule has 1 aromatic carbocycles. The largest absolute Gasteiger partial charge is 0.489 e. The fraction of sp³-hybridized carbons (Fsp3) is 0.304. The Balaban J connectivity index is 1.47. The van der Waals surface area contributed by atoms with E-state index in [1.807, 2.05) is 19.9 Å². The van der Waals surface area contributed by atoms with Gasteiger partial charge in [-0.2, -0.15) is 0 Å². The summed E-state index contributed by atoms with van der Waals surface area (Å²) in [5, 5.41) is 6.60. The van der Waals surface area contributed by atoms with Gasteiger partial charge in [-0.3, -0.25) is 9.59 Å². The monoisotopic (exact) mass is 456 g/mol. The van der Waals surface area contributed by atoms with Crippen molar-refractivity contribution >= 4 is 29.0 Å². The predicted molar refractivity (Wildman–Crippen MR) is 118 cm³/mol. The number of ether oxygens (including phenoxy) is 2. The lowest BCUT2D eigenvalue weighted by molar-refractivity contribution is -0.118. The molecule has 8 nitrogen and oxygen atoms in total. The van der Waals surface area contributed by atoms with Gasteiger partial charge in [0.25, 0.3) is 0 Å². The molecule has 3 aromatic rings. The molecule has 0 aliphatic heterocycles. The molecule has 0 saturated heterocycles. The van der Waals surface area contributed by atoms with Gasteiger partial charge in [0.15, 0.2) is 6.61 Å². The Kier molecular flexibility index (Phi) is 7.77. The van der Waals surface area contributed by atoms with Crippen LogP contribution in [0.5, 0.6) is 5.75 Å². The third-order valence-corrected chi connectivity index (χ3v) is 5.86. The molecule has 9 heteroatoms. The molecule has 0 unspecified atom stereocenters. The molecule has 0 radical (unpaired) electrons. The number of benzene rings is 1. The highest BCUT2D eigenvalue weighted by Gasteiger charge is 2.15. The third kappa shape index (κ3) is 6.27. The van der Waals surface area contributed by atoms with E-state index in [4.69, 9.17) is 14.0 Å². The first kappa shape index (κ1) is 23.2. The fourth-order valence-corrected chi connectivity index (χ4v) is 3.79. The Hall–Kier alpha value is -3.46. The lowest BCUT2D eigenvalue weighted by atomic mass is 10.2. The number of nitrogens with one attached hydrogen (secondary N) is 1. The van der Waals surface area contributed by atoms with Crippen LogP contribution in [0.4, 0.5) is 0 Å². The van der Waals surface area contributed by atoms with Crippen LogP contribution in [-0.2, 0) is 22.6 Å². The number of esters is 1. The van der Waals surface area contributed by atoms with E-state index in [1.54, 1.807) is 30.3 Å². The summed E-state index contributed by atoms with van der Waals surface area (Å²) in [6.07, 6.45) is 0.641. The van der Waals surface area contributed by atoms with Crippen LogP contribution in [0.3, 0.4) is 0 Å². The number of ketones is 1. The average Bonchev–Trinajstić information content (AvgIpc) is 3.37. The minimum absolute atomic E-state index is 0.0928. The zero-order valence-corrected chi connectivity index (χ0v) is 18.9. The van der Waals surface area contributed by atoms with Gasteiger partial charge in [-0.25, -0.2) is 4.79 Å². The third-order valence-electron chi connectivity index (χ3n) is 4.67. The first-order valence-corrected chi connectivity index (χ1v) is 10.8. The Morgan fingerprint density at radius 2 is 1.84 bits per heavy atom. The van der Waals surface area contributed by atoms with E-state index in [-0.39, 0.29) is 18.3 Å². The molecule has 3 rings (SSSR count). The van der Waals surface area contributed by atoms with Crippen molar-refractivity contribution < 1.29 is 28.4 Å². The number of nitrogens with zero attached hydrogens (tertiary/aromatic N) is 1. The zero-order valence-electron chi connectivity index (χ0n) is 18.1. The van der Waals surface area contributed by atoms with Crippen LogP contribution in [0.1, 0.15) is 48.8 Å². The molecule has 2 aromatic heterocycles. The number of carbonyl (C=O) groups is 3. The fourth-order valence-electron chi connectivity index (χ4n) is 2.86. The number of rotatable bonds is 10. The molecule has 32 heavy (non-hydrogen) atoms. The summed E-state index contributed by atoms with van der Waals surface area (Å²) in [5.74, 6) is 0.345. The minimum Gasteiger partial charge on any atom is -0.489 e. The van der Waals surface area contributed by atoms with E-state index in [9.17, 15) is 14.4 Å². The molecule has 0 aliphatic rings. The first-order valence-electron chi connectivity index (χ1n) is 10.0. The van der Waals surface area contributed by atoms with E-state index in [0.29, 0.717) is 41.5 Å². The number of aromatic nitrogens is 1. The number of carbonyl (C=O) groups excluding carboxylic acids is 3. The second-order valence-corrected chi connectivity index (χ2v) is 8.28. The average molecular weight is 457 g/mol. The maximum atomic E-state index is 12.3. The molecule has 1 amide bonds. The summed E-state index contributed by atoms with van der Waals surface area (Å²) in [4.78, 5) is 37.0. The van der Waals surface area contributed by atoms with Gasteiger partial charge in [-0.05, 0) is 56.7 Å². The van der Waals surface area contributed by atoms with Crippen molar-refractivity contribution in [2.45, 2.75) is 33.8 Å². The van der Waals surface area contributed by atoms with Crippen molar-refractivity contribution in [1.29, 1.82) is 0 Å². The molecule has 0 fully saturated rings. The van der Waals surface area contributed by atoms with Crippen molar-refractivity contribution in [3.8, 4) is 5.75 Å². The summed E-state index contributed by atoms with van der Waals surface area (Å²) in [6, 6.07) is 10.0. The molecule has 0 aliphatic carbocycles. The molecule has 1 N–H and O–H groups in total. The van der Waals surface area contributed by atoms with Crippen molar-refractivity contribution in [1.82, 2.24) is 10.5 Å². The van der Waals surface area contributed by atoms with Gasteiger partial charge in [0, 0.05) is 18.3 Å². The smallest absolute Gasteiger partial charge is 0.338 e. The van der Waals surface area contributed by atoms with Crippen molar-refractivity contribution in [2.24, 2.45) is 0 Å². The molecular weight excluding hydrogens is 432 g/mol. The van der Waals surface area contributed by atoms with Crippen LogP contribution in [0.2, 0.25) is 0 Å². The number of Topliss-reactive ketones (excluding diaryl/α,β-unsaturated/α-hetero) is 1. The first-order chi connectivity index (χ1) is 15.3. The van der Waals surface area contributed by atoms with Gasteiger partial charge in [-0.15, -0.1) is 11.3 Å². The van der Waals surface area contributed by atoms with E-state index in [0.717, 1.165) is 16.1 Å². The number of aryl methyl sites for hydroxylation is 2. The van der Waals surface area contributed by atoms with Crippen molar-refractivity contribution in [3.63, 3.8) is 0 Å². The Morgan fingerprint density at radius 3 is 2.50 bits per heavy atom. The molecule has 2 heterocycles. The van der Waals surface area contributed by atoms with Gasteiger partial charge in [0.2, 0.25) is 11.7 Å². The topological polar surface area (TPSA) is 108 Å². The predicted octanol–water partition coefficient (Wildman–Crippen LogP) is 3.65. The van der Waals surface area contributed by atoms with Crippen LogP contribution < -0.4 is 10.1 Å². The molecular formula is C23H24N2O6S. The Bertz CT molecular complexity index is 1080. The summed E-state index contributed by atoms with van der Waals surface area (Å²) in [5.41, 5.74) is 1.99. The Labute approximate surface area is 189 Å². The van der Waals surface area contributed by atoms with Crippen LogP contribution in [0, 0.1) is 13.8 Å². The summed E-state index contributed by atoms with van der Waals surface area (Å²) >= 11 is 1.33. The van der Waals surface area contributed by atoms with Crippen LogP contribution in [0.15, 0.2) is 40.9 Å². The second-order valence-electron chi connectivity index (χ2n) is 7.11. The van der Waals surface area contributed by atoms with Crippen molar-refractivity contribution in [2.75, 3.05) is 13.2 Å². The highest BCUT2D eigenvalue weighted by atomic mass is 32.1. The molecule has 0 spiro atoms. The van der Waals surface area contributed by atoms with Gasteiger partial charge >= 0.3 is 5.97 Å². The zero-order chi connectivity index (χ0) is 23.1. The van der Waals surface area contributed by atoms with Gasteiger partial charge < -0.3 is 19.3 Å². The standard InChI is InChI=1S/C23H24N2O6S/c1-14-20(15(2)31-25-14)12-29-18-6-4-17(5-7-18)23(28)30-13-21(27)22-9-8-19(32-22)10-11-24-16(3)26/h4-9H,10-13H2,1-3H3,(H,24,26). The van der Waals surface area contributed by atoms with Crippen LogP contribution in [-0.4, -0.2) is 36.0 Å². The number of amides is 1. The van der Waals surface area contributed by atoms with Crippen LogP contribution >= 0.6 is 11.3 Å². The second kappa shape index (κ2) is 10.7. The highest BCUT2D eigenvalue weighted by molar-refractivity contribution is 7.14. The van der Waals surface area contributed by atoms with Crippen molar-refractivity contribution in [3.05, 3.63) is 68.7 Å². The number of hydrogen-bond donors (Lipinski definition) is 1. The minimum atomic E-state index is -0.585. The van der Waals surface area contributed by atoms with Crippen LogP contribution in [0.25, 0.3) is 0 Å². The lowest BCUT2D eigenvalue weighted by Gasteiger charge is -2.07. The molecule has 168 valence electrons. The molecule has 0 saturated carbocycles. The van der Waals surface area contributed by atoms with Gasteiger partial charge in [-0.1, -0.05) is 5.16 Å². The SMILES string of the molecule is CC(=O)NCCc1ccc(C(=O)COC(=O)c2ccc(OCc3c(C)noc3C)cc2)s1.